The summed E-state index contributed by atoms with van der Waals surface area (Å²) in [5.41, 5.74) is 3.11. The van der Waals surface area contributed by atoms with Crippen molar-refractivity contribution in [3.8, 4) is 0 Å². The molecule has 0 saturated heterocycles. The highest BCUT2D eigenvalue weighted by Crippen LogP contribution is 2.20. The van der Waals surface area contributed by atoms with Crippen LogP contribution < -0.4 is 5.32 Å². The molecule has 0 spiro atoms. The summed E-state index contributed by atoms with van der Waals surface area (Å²) < 4.78 is 3.26. The zero-order valence-electron chi connectivity index (χ0n) is 16.4. The molecule has 4 aromatic rings. The third kappa shape index (κ3) is 4.98. The van der Waals surface area contributed by atoms with E-state index in [2.05, 4.69) is 15.5 Å². The van der Waals surface area contributed by atoms with Crippen LogP contribution in [0, 0.1) is 17.0 Å². The summed E-state index contributed by atoms with van der Waals surface area (Å²) in [5, 5.41) is 24.4. The monoisotopic (exact) mass is 456 g/mol. The van der Waals surface area contributed by atoms with Crippen LogP contribution in [0.25, 0.3) is 0 Å². The molecule has 4 rings (SSSR count). The van der Waals surface area contributed by atoms with Gasteiger partial charge >= 0.3 is 5.82 Å². The highest BCUT2D eigenvalue weighted by atomic mass is 35.5. The first-order valence-electron chi connectivity index (χ1n) is 9.22. The van der Waals surface area contributed by atoms with Gasteiger partial charge in [0.2, 0.25) is 0 Å². The van der Waals surface area contributed by atoms with E-state index in [1.165, 1.54) is 17.4 Å². The average molecular weight is 457 g/mol. The Morgan fingerprint density at radius 2 is 2.10 bits per heavy atom. The average Bonchev–Trinajstić information content (AvgIpc) is 3.44. The van der Waals surface area contributed by atoms with Crippen LogP contribution in [0.5, 0.6) is 0 Å². The Morgan fingerprint density at radius 3 is 2.84 bits per heavy atom. The number of halogens is 1. The van der Waals surface area contributed by atoms with Crippen molar-refractivity contribution >= 4 is 40.4 Å². The molecule has 0 saturated carbocycles. The quantitative estimate of drug-likeness (QED) is 0.328. The number of nitro groups is 1. The van der Waals surface area contributed by atoms with E-state index >= 15 is 0 Å². The van der Waals surface area contributed by atoms with Crippen LogP contribution in [-0.4, -0.2) is 30.4 Å². The molecular weight excluding hydrogens is 440 g/mol. The van der Waals surface area contributed by atoms with Crippen LogP contribution >= 0.6 is 22.9 Å². The van der Waals surface area contributed by atoms with Crippen molar-refractivity contribution in [3.05, 3.63) is 91.0 Å². The van der Waals surface area contributed by atoms with E-state index in [4.69, 9.17) is 11.6 Å². The molecule has 1 amide bonds. The number of rotatable bonds is 7. The van der Waals surface area contributed by atoms with Crippen LogP contribution in [0.3, 0.4) is 0 Å². The number of carbonyl (C=O) groups excluding carboxylic acids is 1. The van der Waals surface area contributed by atoms with E-state index < -0.39 is 4.92 Å². The number of aryl methyl sites for hydroxylation is 1. The van der Waals surface area contributed by atoms with Gasteiger partial charge in [-0.15, -0.1) is 11.3 Å². The van der Waals surface area contributed by atoms with E-state index in [1.54, 1.807) is 34.7 Å². The van der Waals surface area contributed by atoms with Crippen molar-refractivity contribution < 1.29 is 9.72 Å². The third-order valence-electron chi connectivity index (χ3n) is 4.49. The van der Waals surface area contributed by atoms with E-state index in [9.17, 15) is 14.9 Å². The fourth-order valence-corrected chi connectivity index (χ4v) is 4.03. The van der Waals surface area contributed by atoms with E-state index in [1.807, 2.05) is 29.6 Å². The van der Waals surface area contributed by atoms with Crippen molar-refractivity contribution in [2.75, 3.05) is 5.32 Å². The second kappa shape index (κ2) is 8.70. The normalized spacial score (nSPS) is 10.9. The molecule has 0 aliphatic rings. The molecule has 3 heterocycles. The van der Waals surface area contributed by atoms with Crippen LogP contribution in [0.1, 0.15) is 26.5 Å². The summed E-state index contributed by atoms with van der Waals surface area (Å²) in [6, 6.07) is 10.7. The molecule has 1 aromatic carbocycles. The molecule has 0 atom stereocenters. The number of hydrogen-bond donors (Lipinski definition) is 1. The molecule has 0 radical (unpaired) electrons. The first-order valence-corrected chi connectivity index (χ1v) is 10.5. The summed E-state index contributed by atoms with van der Waals surface area (Å²) in [7, 11) is 0. The SMILES string of the molecule is Cc1cc([N+](=O)[O-])nn1Cc1csc(C(=O)Nc2cnn(Cc3cccc(Cl)c3)c2)c1. The molecule has 9 nitrogen and oxygen atoms in total. The van der Waals surface area contributed by atoms with E-state index in [-0.39, 0.29) is 11.7 Å². The lowest BCUT2D eigenvalue weighted by molar-refractivity contribution is -0.389. The molecule has 158 valence electrons. The molecular formula is C20H17ClN6O3S. The van der Waals surface area contributed by atoms with Gasteiger partial charge in [0, 0.05) is 11.2 Å². The van der Waals surface area contributed by atoms with Crippen LogP contribution in [0.2, 0.25) is 5.02 Å². The topological polar surface area (TPSA) is 108 Å². The number of hydrogen-bond acceptors (Lipinski definition) is 6. The zero-order valence-corrected chi connectivity index (χ0v) is 17.9. The van der Waals surface area contributed by atoms with Gasteiger partial charge in [-0.05, 0) is 46.6 Å². The lowest BCUT2D eigenvalue weighted by Crippen LogP contribution is -2.10. The second-order valence-corrected chi connectivity index (χ2v) is 8.24. The third-order valence-corrected chi connectivity index (χ3v) is 5.70. The van der Waals surface area contributed by atoms with Crippen molar-refractivity contribution in [1.82, 2.24) is 19.6 Å². The van der Waals surface area contributed by atoms with Crippen molar-refractivity contribution in [2.24, 2.45) is 0 Å². The molecule has 31 heavy (non-hydrogen) atoms. The lowest BCUT2D eigenvalue weighted by atomic mass is 10.2. The fraction of sp³-hybridized carbons (Fsp3) is 0.150. The largest absolute Gasteiger partial charge is 0.390 e. The molecule has 0 bridgehead atoms. The molecule has 0 fully saturated rings. The fourth-order valence-electron chi connectivity index (χ4n) is 3.02. The predicted octanol–water partition coefficient (Wildman–Crippen LogP) is 4.36. The molecule has 1 N–H and O–H groups in total. The summed E-state index contributed by atoms with van der Waals surface area (Å²) >= 11 is 7.31. The van der Waals surface area contributed by atoms with Gasteiger partial charge in [0.25, 0.3) is 5.91 Å². The first kappa shape index (κ1) is 20.8. The van der Waals surface area contributed by atoms with Gasteiger partial charge in [-0.1, -0.05) is 23.7 Å². The van der Waals surface area contributed by atoms with E-state index in [0.717, 1.165) is 11.1 Å². The van der Waals surface area contributed by atoms with Crippen LogP contribution in [0.4, 0.5) is 11.5 Å². The molecule has 0 aliphatic heterocycles. The number of anilines is 1. The van der Waals surface area contributed by atoms with Gasteiger partial charge < -0.3 is 15.4 Å². The molecule has 0 unspecified atom stereocenters. The number of amides is 1. The number of aromatic nitrogens is 4. The highest BCUT2D eigenvalue weighted by molar-refractivity contribution is 7.12. The highest BCUT2D eigenvalue weighted by Gasteiger charge is 2.17. The van der Waals surface area contributed by atoms with Crippen molar-refractivity contribution in [3.63, 3.8) is 0 Å². The Hall–Kier alpha value is -3.50. The Bertz CT molecular complexity index is 1260. The maximum Gasteiger partial charge on any atom is 0.390 e. The molecule has 11 heteroatoms. The Balaban J connectivity index is 1.39. The predicted molar refractivity (Wildman–Crippen MR) is 118 cm³/mol. The summed E-state index contributed by atoms with van der Waals surface area (Å²) in [6.45, 7) is 2.64. The van der Waals surface area contributed by atoms with Gasteiger partial charge in [-0.25, -0.2) is 0 Å². The number of benzene rings is 1. The number of nitrogens with one attached hydrogen (secondary N) is 1. The Morgan fingerprint density at radius 1 is 1.26 bits per heavy atom. The smallest absolute Gasteiger partial charge is 0.358 e. The minimum absolute atomic E-state index is 0.194. The Labute approximate surface area is 186 Å². The Kier molecular flexibility index (Phi) is 5.83. The number of nitrogens with zero attached hydrogens (tertiary/aromatic N) is 5. The first-order chi connectivity index (χ1) is 14.9. The van der Waals surface area contributed by atoms with Crippen molar-refractivity contribution in [2.45, 2.75) is 20.0 Å². The second-order valence-electron chi connectivity index (χ2n) is 6.89. The molecule has 0 aliphatic carbocycles. The van der Waals surface area contributed by atoms with Gasteiger partial charge in [-0.2, -0.15) is 9.78 Å². The summed E-state index contributed by atoms with van der Waals surface area (Å²) in [5.74, 6) is -0.442. The standard InChI is InChI=1S/C20H17ClN6O3S/c1-13-5-19(27(29)30)24-26(13)10-15-7-18(31-12-15)20(28)23-17-8-22-25(11-17)9-14-3-2-4-16(21)6-14/h2-8,11-12H,9-10H2,1H3,(H,23,28). The van der Waals surface area contributed by atoms with Crippen LogP contribution in [0.15, 0.2) is 54.2 Å². The number of thiophene rings is 1. The zero-order chi connectivity index (χ0) is 22.0. The molecule has 3 aromatic heterocycles. The lowest BCUT2D eigenvalue weighted by Gasteiger charge is -2.02. The van der Waals surface area contributed by atoms with Gasteiger partial charge in [0.15, 0.2) is 0 Å². The maximum atomic E-state index is 12.6. The van der Waals surface area contributed by atoms with Gasteiger partial charge in [0.05, 0.1) is 46.7 Å². The van der Waals surface area contributed by atoms with Gasteiger partial charge in [0.1, 0.15) is 0 Å². The van der Waals surface area contributed by atoms with Gasteiger partial charge in [-0.3, -0.25) is 9.48 Å². The minimum Gasteiger partial charge on any atom is -0.358 e. The van der Waals surface area contributed by atoms with Crippen molar-refractivity contribution in [1.29, 1.82) is 0 Å². The summed E-state index contributed by atoms with van der Waals surface area (Å²) in [6.07, 6.45) is 3.34. The minimum atomic E-state index is -0.525. The number of carbonyl (C=O) groups is 1. The maximum absolute atomic E-state index is 12.6. The summed E-state index contributed by atoms with van der Waals surface area (Å²) in [4.78, 5) is 23.5. The van der Waals surface area contributed by atoms with E-state index in [0.29, 0.717) is 34.4 Å². The van der Waals surface area contributed by atoms with Crippen LogP contribution in [-0.2, 0) is 13.1 Å².